The van der Waals surface area contributed by atoms with E-state index in [1.54, 1.807) is 0 Å². The Morgan fingerprint density at radius 3 is 2.72 bits per heavy atom. The van der Waals surface area contributed by atoms with Gasteiger partial charge in [0.25, 0.3) is 0 Å². The Hall–Kier alpha value is -1.19. The molecule has 1 saturated heterocycles. The van der Waals surface area contributed by atoms with E-state index in [0.29, 0.717) is 5.69 Å². The highest BCUT2D eigenvalue weighted by atomic mass is 32.1. The van der Waals surface area contributed by atoms with Crippen LogP contribution in [0.25, 0.3) is 0 Å². The molecule has 7 nitrogen and oxygen atoms in total. The van der Waals surface area contributed by atoms with Crippen LogP contribution in [0.15, 0.2) is 12.3 Å². The van der Waals surface area contributed by atoms with E-state index in [9.17, 15) is 10.2 Å². The monoisotopic (exact) mass is 271 g/mol. The van der Waals surface area contributed by atoms with Crippen molar-refractivity contribution in [3.05, 3.63) is 23.8 Å². The highest BCUT2D eigenvalue weighted by molar-refractivity contribution is 7.80. The Morgan fingerprint density at radius 1 is 1.44 bits per heavy atom. The quantitative estimate of drug-likeness (QED) is 0.478. The third-order valence-electron chi connectivity index (χ3n) is 2.72. The van der Waals surface area contributed by atoms with Crippen molar-refractivity contribution in [3.63, 3.8) is 0 Å². The molecular formula is C10H13N3O4S. The van der Waals surface area contributed by atoms with E-state index in [2.05, 4.69) is 9.97 Å². The average Bonchev–Trinajstić information content (AvgIpc) is 2.66. The summed E-state index contributed by atoms with van der Waals surface area (Å²) in [5, 5.41) is 28.4. The van der Waals surface area contributed by atoms with Gasteiger partial charge in [-0.15, -0.1) is 0 Å². The predicted octanol–water partition coefficient (Wildman–Crippen LogP) is -1.74. The molecule has 1 aliphatic heterocycles. The van der Waals surface area contributed by atoms with Crippen LogP contribution < -0.4 is 5.73 Å². The van der Waals surface area contributed by atoms with E-state index in [4.69, 9.17) is 27.8 Å². The van der Waals surface area contributed by atoms with Gasteiger partial charge in [0.1, 0.15) is 35.1 Å². The third kappa shape index (κ3) is 2.33. The molecule has 0 spiro atoms. The number of aromatic nitrogens is 2. The lowest BCUT2D eigenvalue weighted by Crippen LogP contribution is -2.32. The highest BCUT2D eigenvalue weighted by Crippen LogP contribution is 2.31. The molecular weight excluding hydrogens is 258 g/mol. The molecule has 0 aromatic carbocycles. The maximum absolute atomic E-state index is 9.81. The lowest BCUT2D eigenvalue weighted by Gasteiger charge is -2.13. The maximum Gasteiger partial charge on any atom is 0.160 e. The van der Waals surface area contributed by atoms with Crippen LogP contribution >= 0.6 is 12.2 Å². The SMILES string of the molecule is NC(=S)c1ccnc([C@@H]2O[C@H](CO)[C@@H](O)[C@H]2O)n1. The van der Waals surface area contributed by atoms with Gasteiger partial charge in [0.05, 0.1) is 6.61 Å². The second-order valence-electron chi connectivity index (χ2n) is 3.92. The largest absolute Gasteiger partial charge is 0.394 e. The first kappa shape index (κ1) is 13.2. The van der Waals surface area contributed by atoms with E-state index in [1.165, 1.54) is 12.3 Å². The topological polar surface area (TPSA) is 122 Å². The molecule has 2 rings (SSSR count). The first-order chi connectivity index (χ1) is 8.54. The van der Waals surface area contributed by atoms with Gasteiger partial charge in [0.15, 0.2) is 5.82 Å². The number of aliphatic hydroxyl groups excluding tert-OH is 3. The minimum Gasteiger partial charge on any atom is -0.394 e. The van der Waals surface area contributed by atoms with Gasteiger partial charge in [0, 0.05) is 6.20 Å². The highest BCUT2D eigenvalue weighted by Gasteiger charge is 2.44. The molecule has 1 aromatic rings. The number of nitrogens with zero attached hydrogens (tertiary/aromatic N) is 2. The summed E-state index contributed by atoms with van der Waals surface area (Å²) in [4.78, 5) is 8.11. The Morgan fingerprint density at radius 2 is 2.17 bits per heavy atom. The molecule has 5 N–H and O–H groups in total. The first-order valence-electron chi connectivity index (χ1n) is 5.29. The molecule has 4 atom stereocenters. The Kier molecular flexibility index (Phi) is 3.83. The van der Waals surface area contributed by atoms with Crippen molar-refractivity contribution >= 4 is 17.2 Å². The number of aliphatic hydroxyl groups is 3. The molecule has 0 amide bonds. The molecule has 98 valence electrons. The van der Waals surface area contributed by atoms with Crippen molar-refractivity contribution in [2.24, 2.45) is 5.73 Å². The van der Waals surface area contributed by atoms with Gasteiger partial charge >= 0.3 is 0 Å². The molecule has 0 saturated carbocycles. The third-order valence-corrected chi connectivity index (χ3v) is 2.93. The van der Waals surface area contributed by atoms with Crippen molar-refractivity contribution in [1.29, 1.82) is 0 Å². The summed E-state index contributed by atoms with van der Waals surface area (Å²) >= 11 is 4.79. The van der Waals surface area contributed by atoms with Gasteiger partial charge in [-0.25, -0.2) is 9.97 Å². The zero-order valence-electron chi connectivity index (χ0n) is 9.30. The molecule has 8 heteroatoms. The molecule has 18 heavy (non-hydrogen) atoms. The number of hydrogen-bond donors (Lipinski definition) is 4. The van der Waals surface area contributed by atoms with Gasteiger partial charge in [-0.1, -0.05) is 12.2 Å². The summed E-state index contributed by atoms with van der Waals surface area (Å²) in [6.07, 6.45) is -2.72. The zero-order valence-corrected chi connectivity index (χ0v) is 10.1. The van der Waals surface area contributed by atoms with Crippen LogP contribution in [0.4, 0.5) is 0 Å². The zero-order chi connectivity index (χ0) is 13.3. The van der Waals surface area contributed by atoms with Crippen LogP contribution in [0.3, 0.4) is 0 Å². The smallest absolute Gasteiger partial charge is 0.160 e. The van der Waals surface area contributed by atoms with Crippen LogP contribution in [-0.2, 0) is 4.74 Å². The van der Waals surface area contributed by atoms with Gasteiger partial charge in [-0.3, -0.25) is 0 Å². The number of nitrogens with two attached hydrogens (primary N) is 1. The lowest BCUT2D eigenvalue weighted by molar-refractivity contribution is -0.0253. The van der Waals surface area contributed by atoms with Crippen LogP contribution in [0, 0.1) is 0 Å². The van der Waals surface area contributed by atoms with E-state index in [1.807, 2.05) is 0 Å². The number of ether oxygens (including phenoxy) is 1. The van der Waals surface area contributed by atoms with Crippen molar-refractivity contribution in [3.8, 4) is 0 Å². The standard InChI is InChI=1S/C10H13N3O4S/c11-9(18)4-1-2-12-10(13-4)8-7(16)6(15)5(3-14)17-8/h1-2,5-8,14-16H,3H2,(H2,11,18)/t5-,6-,7-,8-/m1/s1. The molecule has 2 heterocycles. The van der Waals surface area contributed by atoms with Crippen molar-refractivity contribution in [1.82, 2.24) is 9.97 Å². The minimum absolute atomic E-state index is 0.102. The van der Waals surface area contributed by atoms with Gasteiger partial charge in [-0.2, -0.15) is 0 Å². The lowest BCUT2D eigenvalue weighted by atomic mass is 10.1. The Labute approximate surface area is 108 Å². The van der Waals surface area contributed by atoms with Crippen LogP contribution in [-0.4, -0.2) is 55.2 Å². The van der Waals surface area contributed by atoms with Gasteiger partial charge in [0.2, 0.25) is 0 Å². The normalized spacial score (nSPS) is 31.5. The van der Waals surface area contributed by atoms with Gasteiger partial charge < -0.3 is 25.8 Å². The van der Waals surface area contributed by atoms with Crippen molar-refractivity contribution < 1.29 is 20.1 Å². The molecule has 0 aliphatic carbocycles. The summed E-state index contributed by atoms with van der Waals surface area (Å²) in [5.41, 5.74) is 5.80. The summed E-state index contributed by atoms with van der Waals surface area (Å²) in [5.74, 6) is 0.169. The minimum atomic E-state index is -1.20. The number of thiocarbonyl (C=S) groups is 1. The Bertz CT molecular complexity index is 459. The van der Waals surface area contributed by atoms with Crippen LogP contribution in [0.5, 0.6) is 0 Å². The van der Waals surface area contributed by atoms with Crippen molar-refractivity contribution in [2.45, 2.75) is 24.4 Å². The Balaban J connectivity index is 2.27. The fourth-order valence-corrected chi connectivity index (χ4v) is 1.87. The van der Waals surface area contributed by atoms with Gasteiger partial charge in [-0.05, 0) is 6.07 Å². The second kappa shape index (κ2) is 5.21. The second-order valence-corrected chi connectivity index (χ2v) is 4.36. The molecule has 0 radical (unpaired) electrons. The molecule has 1 fully saturated rings. The fraction of sp³-hybridized carbons (Fsp3) is 0.500. The maximum atomic E-state index is 9.81. The van der Waals surface area contributed by atoms with Crippen molar-refractivity contribution in [2.75, 3.05) is 6.61 Å². The summed E-state index contributed by atoms with van der Waals surface area (Å²) in [7, 11) is 0. The molecule has 0 bridgehead atoms. The van der Waals surface area contributed by atoms with E-state index in [-0.39, 0.29) is 10.8 Å². The van der Waals surface area contributed by atoms with E-state index in [0.717, 1.165) is 0 Å². The predicted molar refractivity (Wildman–Crippen MR) is 64.6 cm³/mol. The molecule has 0 unspecified atom stereocenters. The summed E-state index contributed by atoms with van der Waals surface area (Å²) < 4.78 is 5.30. The summed E-state index contributed by atoms with van der Waals surface area (Å²) in [6.45, 7) is -0.399. The number of rotatable bonds is 3. The van der Waals surface area contributed by atoms with E-state index < -0.39 is 31.0 Å². The summed E-state index contributed by atoms with van der Waals surface area (Å²) in [6, 6.07) is 1.53. The fourth-order valence-electron chi connectivity index (χ4n) is 1.76. The van der Waals surface area contributed by atoms with Crippen LogP contribution in [0.1, 0.15) is 17.6 Å². The molecule has 1 aromatic heterocycles. The number of hydrogen-bond acceptors (Lipinski definition) is 7. The van der Waals surface area contributed by atoms with E-state index >= 15 is 0 Å². The van der Waals surface area contributed by atoms with Crippen LogP contribution in [0.2, 0.25) is 0 Å². The first-order valence-corrected chi connectivity index (χ1v) is 5.70. The molecule has 1 aliphatic rings. The average molecular weight is 271 g/mol.